The summed E-state index contributed by atoms with van der Waals surface area (Å²) in [5.74, 6) is 0.980. The Bertz CT molecular complexity index is 976. The number of pyridine rings is 2. The third-order valence-corrected chi connectivity index (χ3v) is 5.26. The van der Waals surface area contributed by atoms with Crippen molar-refractivity contribution in [1.29, 1.82) is 0 Å². The van der Waals surface area contributed by atoms with Crippen LogP contribution in [0.15, 0.2) is 24.4 Å². The van der Waals surface area contributed by atoms with Gasteiger partial charge in [0.2, 0.25) is 5.88 Å². The molecule has 0 aliphatic carbocycles. The van der Waals surface area contributed by atoms with Crippen molar-refractivity contribution in [2.45, 2.75) is 53.0 Å². The van der Waals surface area contributed by atoms with Crippen LogP contribution in [0.25, 0.3) is 22.3 Å². The first kappa shape index (κ1) is 20.3. The molecule has 0 aromatic carbocycles. The van der Waals surface area contributed by atoms with Gasteiger partial charge < -0.3 is 14.0 Å². The van der Waals surface area contributed by atoms with Gasteiger partial charge in [0.05, 0.1) is 42.0 Å². The zero-order valence-electron chi connectivity index (χ0n) is 18.0. The van der Waals surface area contributed by atoms with Crippen LogP contribution < -0.4 is 4.74 Å². The number of hydrogen-bond acceptors (Lipinski definition) is 4. The van der Waals surface area contributed by atoms with Gasteiger partial charge >= 0.3 is 0 Å². The molecule has 0 saturated heterocycles. The van der Waals surface area contributed by atoms with Gasteiger partial charge in [-0.2, -0.15) is 0 Å². The first-order chi connectivity index (χ1) is 13.4. The first-order valence-electron chi connectivity index (χ1n) is 9.96. The van der Waals surface area contributed by atoms with Gasteiger partial charge in [0.15, 0.2) is 0 Å². The van der Waals surface area contributed by atoms with Crippen LogP contribution >= 0.6 is 0 Å². The van der Waals surface area contributed by atoms with Crippen molar-refractivity contribution < 1.29 is 9.47 Å². The lowest BCUT2D eigenvalue weighted by Crippen LogP contribution is -2.10. The van der Waals surface area contributed by atoms with Crippen LogP contribution in [0.4, 0.5) is 0 Å². The molecular weight excluding hydrogens is 350 g/mol. The summed E-state index contributed by atoms with van der Waals surface area (Å²) in [6.45, 7) is 11.4. The van der Waals surface area contributed by atoms with Gasteiger partial charge in [-0.15, -0.1) is 0 Å². The van der Waals surface area contributed by atoms with Crippen molar-refractivity contribution >= 4 is 11.0 Å². The number of rotatable bonds is 7. The van der Waals surface area contributed by atoms with Gasteiger partial charge in [0, 0.05) is 19.0 Å². The van der Waals surface area contributed by atoms with Crippen molar-refractivity contribution in [2.24, 2.45) is 0 Å². The van der Waals surface area contributed by atoms with E-state index in [0.29, 0.717) is 18.4 Å². The van der Waals surface area contributed by atoms with E-state index in [0.717, 1.165) is 40.0 Å². The van der Waals surface area contributed by atoms with Crippen LogP contribution in [0.5, 0.6) is 5.88 Å². The lowest BCUT2D eigenvalue weighted by molar-refractivity contribution is 0.164. The largest absolute Gasteiger partial charge is 0.480 e. The molecular formula is C23H31N3O2. The second-order valence-corrected chi connectivity index (χ2v) is 7.69. The molecule has 3 rings (SSSR count). The molecule has 0 saturated carbocycles. The Morgan fingerprint density at radius 3 is 2.46 bits per heavy atom. The van der Waals surface area contributed by atoms with E-state index in [1.165, 1.54) is 5.56 Å². The Morgan fingerprint density at radius 1 is 1.11 bits per heavy atom. The predicted octanol–water partition coefficient (Wildman–Crippen LogP) is 5.31. The predicted molar refractivity (Wildman–Crippen MR) is 114 cm³/mol. The summed E-state index contributed by atoms with van der Waals surface area (Å²) in [5, 5.41) is 0. The monoisotopic (exact) mass is 381 g/mol. The van der Waals surface area contributed by atoms with Gasteiger partial charge in [0.25, 0.3) is 0 Å². The highest BCUT2D eigenvalue weighted by Gasteiger charge is 2.19. The fourth-order valence-electron chi connectivity index (χ4n) is 3.66. The Morgan fingerprint density at radius 2 is 1.86 bits per heavy atom. The number of ether oxygens (including phenoxy) is 2. The molecule has 28 heavy (non-hydrogen) atoms. The topological polar surface area (TPSA) is 49.2 Å². The van der Waals surface area contributed by atoms with E-state index in [1.807, 2.05) is 0 Å². The first-order valence-corrected chi connectivity index (χ1v) is 9.96. The molecule has 1 atom stereocenters. The van der Waals surface area contributed by atoms with E-state index in [9.17, 15) is 0 Å². The minimum Gasteiger partial charge on any atom is -0.480 e. The lowest BCUT2D eigenvalue weighted by atomic mass is 10.0. The van der Waals surface area contributed by atoms with Crippen LogP contribution in [-0.4, -0.2) is 35.4 Å². The van der Waals surface area contributed by atoms with Crippen LogP contribution in [-0.2, 0) is 11.2 Å². The SMILES string of the molecule is CCc1cn(C(C)COC)c2cc(C)c(-c3ccc(C(C)C)nc3OC)nc12. The van der Waals surface area contributed by atoms with E-state index < -0.39 is 0 Å². The van der Waals surface area contributed by atoms with Crippen molar-refractivity contribution in [3.05, 3.63) is 41.2 Å². The van der Waals surface area contributed by atoms with Gasteiger partial charge in [-0.25, -0.2) is 9.97 Å². The highest BCUT2D eigenvalue weighted by Crippen LogP contribution is 2.34. The van der Waals surface area contributed by atoms with E-state index >= 15 is 0 Å². The molecule has 0 fully saturated rings. The molecule has 150 valence electrons. The second-order valence-electron chi connectivity index (χ2n) is 7.69. The standard InChI is InChI=1S/C23H31N3O2/c1-8-17-12-26(16(5)13-27-6)20-11-15(4)21(25-22(17)20)18-9-10-19(14(2)3)24-23(18)28-7/h9-12,14,16H,8,13H2,1-7H3. The Hall–Kier alpha value is -2.40. The van der Waals surface area contributed by atoms with E-state index in [2.05, 4.69) is 63.6 Å². The Balaban J connectivity index is 2.20. The Labute approximate surface area is 167 Å². The highest BCUT2D eigenvalue weighted by atomic mass is 16.5. The molecule has 1 unspecified atom stereocenters. The molecule has 5 heteroatoms. The maximum atomic E-state index is 5.62. The van der Waals surface area contributed by atoms with Gasteiger partial charge in [-0.3, -0.25) is 0 Å². The van der Waals surface area contributed by atoms with E-state index in [-0.39, 0.29) is 6.04 Å². The quantitative estimate of drug-likeness (QED) is 0.556. The molecule has 3 aromatic rings. The second kappa shape index (κ2) is 8.31. The summed E-state index contributed by atoms with van der Waals surface area (Å²) in [7, 11) is 3.41. The molecule has 0 amide bonds. The molecule has 0 bridgehead atoms. The number of hydrogen-bond donors (Lipinski definition) is 0. The minimum absolute atomic E-state index is 0.251. The fourth-order valence-corrected chi connectivity index (χ4v) is 3.66. The van der Waals surface area contributed by atoms with Crippen LogP contribution in [0.2, 0.25) is 0 Å². The maximum Gasteiger partial charge on any atom is 0.222 e. The van der Waals surface area contributed by atoms with Crippen molar-refractivity contribution in [1.82, 2.24) is 14.5 Å². The van der Waals surface area contributed by atoms with E-state index in [4.69, 9.17) is 19.4 Å². The zero-order chi connectivity index (χ0) is 20.4. The number of aromatic nitrogens is 3. The molecule has 0 N–H and O–H groups in total. The summed E-state index contributed by atoms with van der Waals surface area (Å²) in [6.07, 6.45) is 3.14. The molecule has 3 aromatic heterocycles. The molecule has 0 aliphatic heterocycles. The third kappa shape index (κ3) is 3.63. The van der Waals surface area contributed by atoms with Crippen molar-refractivity contribution in [3.63, 3.8) is 0 Å². The van der Waals surface area contributed by atoms with Crippen molar-refractivity contribution in [3.8, 4) is 17.1 Å². The summed E-state index contributed by atoms with van der Waals surface area (Å²) in [5.41, 5.74) is 7.43. The minimum atomic E-state index is 0.251. The highest BCUT2D eigenvalue weighted by molar-refractivity contribution is 5.85. The fraction of sp³-hybridized carbons (Fsp3) is 0.478. The van der Waals surface area contributed by atoms with Crippen LogP contribution in [0.3, 0.4) is 0 Å². The van der Waals surface area contributed by atoms with E-state index in [1.54, 1.807) is 14.2 Å². The Kier molecular flexibility index (Phi) is 6.04. The molecule has 0 aliphatic rings. The molecule has 3 heterocycles. The summed E-state index contributed by atoms with van der Waals surface area (Å²) in [4.78, 5) is 9.79. The van der Waals surface area contributed by atoms with Gasteiger partial charge in [0.1, 0.15) is 0 Å². The van der Waals surface area contributed by atoms with Gasteiger partial charge in [-0.05, 0) is 55.5 Å². The summed E-state index contributed by atoms with van der Waals surface area (Å²) in [6, 6.07) is 6.62. The lowest BCUT2D eigenvalue weighted by Gasteiger charge is -2.16. The van der Waals surface area contributed by atoms with Gasteiger partial charge in [-0.1, -0.05) is 20.8 Å². The molecule has 0 radical (unpaired) electrons. The third-order valence-electron chi connectivity index (χ3n) is 5.26. The van der Waals surface area contributed by atoms with Crippen LogP contribution in [0, 0.1) is 6.92 Å². The normalized spacial score (nSPS) is 12.7. The average Bonchev–Trinajstić information content (AvgIpc) is 3.04. The number of nitrogens with zero attached hydrogens (tertiary/aromatic N) is 3. The smallest absolute Gasteiger partial charge is 0.222 e. The summed E-state index contributed by atoms with van der Waals surface area (Å²) < 4.78 is 13.3. The van der Waals surface area contributed by atoms with Crippen molar-refractivity contribution in [2.75, 3.05) is 20.8 Å². The number of methoxy groups -OCH3 is 2. The maximum absolute atomic E-state index is 5.62. The summed E-state index contributed by atoms with van der Waals surface area (Å²) >= 11 is 0. The molecule has 0 spiro atoms. The van der Waals surface area contributed by atoms with Crippen LogP contribution in [0.1, 0.15) is 56.5 Å². The number of fused-ring (bicyclic) bond motifs is 1. The molecule has 5 nitrogen and oxygen atoms in total. The zero-order valence-corrected chi connectivity index (χ0v) is 18.0. The average molecular weight is 382 g/mol. The number of aryl methyl sites for hydroxylation is 2.